The first-order valence-electron chi connectivity index (χ1n) is 8.57. The summed E-state index contributed by atoms with van der Waals surface area (Å²) in [6.07, 6.45) is 0. The number of rotatable bonds is 6. The van der Waals surface area contributed by atoms with E-state index in [4.69, 9.17) is 9.47 Å². The van der Waals surface area contributed by atoms with Crippen molar-refractivity contribution in [2.75, 3.05) is 24.9 Å². The third-order valence-corrected chi connectivity index (χ3v) is 3.97. The van der Waals surface area contributed by atoms with Gasteiger partial charge >= 0.3 is 0 Å². The molecule has 0 aliphatic heterocycles. The summed E-state index contributed by atoms with van der Waals surface area (Å²) < 4.78 is 23.4. The number of benzene rings is 2. The van der Waals surface area contributed by atoms with E-state index in [0.29, 0.717) is 22.9 Å². The number of methoxy groups -OCH3 is 2. The predicted octanol–water partition coefficient (Wildman–Crippen LogP) is 3.74. The van der Waals surface area contributed by atoms with Gasteiger partial charge in [-0.05, 0) is 48.5 Å². The highest BCUT2D eigenvalue weighted by Gasteiger charge is 2.15. The molecule has 0 saturated carbocycles. The SMILES string of the molecule is COc1ccc(OC)c(NC(=O)c2cccc(C(=O)Nc3ccc(F)cc3)n2)c1. The fourth-order valence-electron chi connectivity index (χ4n) is 2.51. The van der Waals surface area contributed by atoms with Gasteiger partial charge in [-0.2, -0.15) is 0 Å². The Kier molecular flexibility index (Phi) is 6.03. The summed E-state index contributed by atoms with van der Waals surface area (Å²) >= 11 is 0. The number of hydrogen-bond acceptors (Lipinski definition) is 5. The summed E-state index contributed by atoms with van der Waals surface area (Å²) in [7, 11) is 2.99. The zero-order valence-electron chi connectivity index (χ0n) is 15.7. The number of carbonyl (C=O) groups excluding carboxylic acids is 2. The lowest BCUT2D eigenvalue weighted by Gasteiger charge is -2.12. The van der Waals surface area contributed by atoms with E-state index >= 15 is 0 Å². The number of halogens is 1. The van der Waals surface area contributed by atoms with E-state index in [-0.39, 0.29) is 11.4 Å². The highest BCUT2D eigenvalue weighted by atomic mass is 19.1. The lowest BCUT2D eigenvalue weighted by molar-refractivity contribution is 0.101. The van der Waals surface area contributed by atoms with Crippen LogP contribution >= 0.6 is 0 Å². The minimum Gasteiger partial charge on any atom is -0.497 e. The molecule has 0 bridgehead atoms. The Bertz CT molecular complexity index is 1040. The first-order valence-corrected chi connectivity index (χ1v) is 8.57. The fraction of sp³-hybridized carbons (Fsp3) is 0.0952. The number of pyridine rings is 1. The Balaban J connectivity index is 1.77. The van der Waals surface area contributed by atoms with Gasteiger partial charge in [-0.15, -0.1) is 0 Å². The van der Waals surface area contributed by atoms with Crippen LogP contribution in [0, 0.1) is 5.82 Å². The van der Waals surface area contributed by atoms with Crippen LogP contribution in [0.5, 0.6) is 11.5 Å². The standard InChI is InChI=1S/C21H18FN3O4/c1-28-15-10-11-19(29-2)18(12-15)25-21(27)17-5-3-4-16(24-17)20(26)23-14-8-6-13(22)7-9-14/h3-12H,1-2H3,(H,23,26)(H,25,27). The van der Waals surface area contributed by atoms with Crippen LogP contribution in [-0.4, -0.2) is 31.0 Å². The number of anilines is 2. The number of nitrogens with one attached hydrogen (secondary N) is 2. The molecule has 0 fully saturated rings. The molecule has 0 atom stereocenters. The second kappa shape index (κ2) is 8.83. The van der Waals surface area contributed by atoms with Crippen molar-refractivity contribution < 1.29 is 23.5 Å². The molecule has 148 valence electrons. The van der Waals surface area contributed by atoms with E-state index in [2.05, 4.69) is 15.6 Å². The summed E-state index contributed by atoms with van der Waals surface area (Å²) in [6.45, 7) is 0. The monoisotopic (exact) mass is 395 g/mol. The van der Waals surface area contributed by atoms with Crippen molar-refractivity contribution in [2.45, 2.75) is 0 Å². The van der Waals surface area contributed by atoms with Crippen LogP contribution in [0.25, 0.3) is 0 Å². The van der Waals surface area contributed by atoms with Crippen LogP contribution in [0.2, 0.25) is 0 Å². The summed E-state index contributed by atoms with van der Waals surface area (Å²) in [5, 5.41) is 5.29. The smallest absolute Gasteiger partial charge is 0.274 e. The fourth-order valence-corrected chi connectivity index (χ4v) is 2.51. The third kappa shape index (κ3) is 4.86. The van der Waals surface area contributed by atoms with Crippen LogP contribution < -0.4 is 20.1 Å². The number of hydrogen-bond donors (Lipinski definition) is 2. The molecule has 0 spiro atoms. The maximum absolute atomic E-state index is 13.0. The van der Waals surface area contributed by atoms with Gasteiger partial charge in [0.25, 0.3) is 11.8 Å². The van der Waals surface area contributed by atoms with Gasteiger partial charge in [-0.1, -0.05) is 6.07 Å². The lowest BCUT2D eigenvalue weighted by atomic mass is 10.2. The van der Waals surface area contributed by atoms with Crippen LogP contribution in [0.4, 0.5) is 15.8 Å². The molecule has 3 aromatic rings. The quantitative estimate of drug-likeness (QED) is 0.664. The molecular weight excluding hydrogens is 377 g/mol. The Morgan fingerprint density at radius 2 is 1.52 bits per heavy atom. The Morgan fingerprint density at radius 3 is 2.14 bits per heavy atom. The van der Waals surface area contributed by atoms with Crippen LogP contribution in [-0.2, 0) is 0 Å². The topological polar surface area (TPSA) is 89.5 Å². The number of aromatic nitrogens is 1. The maximum Gasteiger partial charge on any atom is 0.274 e. The van der Waals surface area contributed by atoms with Gasteiger partial charge < -0.3 is 20.1 Å². The van der Waals surface area contributed by atoms with Crippen molar-refractivity contribution in [1.29, 1.82) is 0 Å². The zero-order valence-corrected chi connectivity index (χ0v) is 15.7. The Labute approximate surface area is 166 Å². The molecule has 1 aromatic heterocycles. The highest BCUT2D eigenvalue weighted by molar-refractivity contribution is 6.06. The molecule has 0 saturated heterocycles. The molecule has 8 heteroatoms. The zero-order chi connectivity index (χ0) is 20.8. The van der Waals surface area contributed by atoms with E-state index in [1.807, 2.05) is 0 Å². The van der Waals surface area contributed by atoms with E-state index in [1.165, 1.54) is 50.6 Å². The van der Waals surface area contributed by atoms with E-state index in [0.717, 1.165) is 0 Å². The average molecular weight is 395 g/mol. The Morgan fingerprint density at radius 1 is 0.862 bits per heavy atom. The normalized spacial score (nSPS) is 10.2. The number of nitrogens with zero attached hydrogens (tertiary/aromatic N) is 1. The van der Waals surface area contributed by atoms with Gasteiger partial charge in [0.2, 0.25) is 0 Å². The van der Waals surface area contributed by atoms with Crippen LogP contribution in [0.3, 0.4) is 0 Å². The molecular formula is C21H18FN3O4. The summed E-state index contributed by atoms with van der Waals surface area (Å²) in [5.41, 5.74) is 0.898. The molecule has 7 nitrogen and oxygen atoms in total. The first kappa shape index (κ1) is 19.8. The Hall–Kier alpha value is -3.94. The number of ether oxygens (including phenoxy) is 2. The van der Waals surface area contributed by atoms with Gasteiger partial charge in [0, 0.05) is 11.8 Å². The summed E-state index contributed by atoms with van der Waals surface area (Å²) in [4.78, 5) is 29.1. The summed E-state index contributed by atoms with van der Waals surface area (Å²) in [5.74, 6) is -0.461. The van der Waals surface area contributed by atoms with E-state index in [1.54, 1.807) is 24.3 Å². The minimum atomic E-state index is -0.523. The molecule has 0 unspecified atom stereocenters. The average Bonchev–Trinajstić information content (AvgIpc) is 2.75. The molecule has 29 heavy (non-hydrogen) atoms. The molecule has 0 radical (unpaired) electrons. The van der Waals surface area contributed by atoms with Crippen molar-refractivity contribution in [3.63, 3.8) is 0 Å². The second-order valence-corrected chi connectivity index (χ2v) is 5.89. The van der Waals surface area contributed by atoms with Gasteiger partial charge in [-0.25, -0.2) is 9.37 Å². The van der Waals surface area contributed by atoms with Crippen LogP contribution in [0.15, 0.2) is 60.7 Å². The molecule has 1 heterocycles. The molecule has 3 rings (SSSR count). The number of amides is 2. The van der Waals surface area contributed by atoms with Gasteiger partial charge in [0.05, 0.1) is 19.9 Å². The van der Waals surface area contributed by atoms with Crippen molar-refractivity contribution >= 4 is 23.2 Å². The summed E-state index contributed by atoms with van der Waals surface area (Å²) in [6, 6.07) is 14.8. The van der Waals surface area contributed by atoms with Crippen LogP contribution in [0.1, 0.15) is 21.0 Å². The molecule has 0 aliphatic rings. The van der Waals surface area contributed by atoms with Crippen molar-refractivity contribution in [2.24, 2.45) is 0 Å². The van der Waals surface area contributed by atoms with Gasteiger partial charge in [-0.3, -0.25) is 9.59 Å². The van der Waals surface area contributed by atoms with Crippen molar-refractivity contribution in [3.8, 4) is 11.5 Å². The predicted molar refractivity (Wildman–Crippen MR) is 106 cm³/mol. The largest absolute Gasteiger partial charge is 0.497 e. The van der Waals surface area contributed by atoms with Crippen molar-refractivity contribution in [3.05, 3.63) is 77.9 Å². The first-order chi connectivity index (χ1) is 14.0. The van der Waals surface area contributed by atoms with E-state index < -0.39 is 17.6 Å². The molecule has 2 aromatic carbocycles. The second-order valence-electron chi connectivity index (χ2n) is 5.89. The third-order valence-electron chi connectivity index (χ3n) is 3.97. The molecule has 2 amide bonds. The molecule has 0 aliphatic carbocycles. The maximum atomic E-state index is 13.0. The van der Waals surface area contributed by atoms with Crippen molar-refractivity contribution in [1.82, 2.24) is 4.98 Å². The number of carbonyl (C=O) groups is 2. The van der Waals surface area contributed by atoms with Gasteiger partial charge in [0.1, 0.15) is 28.7 Å². The van der Waals surface area contributed by atoms with Gasteiger partial charge in [0.15, 0.2) is 0 Å². The lowest BCUT2D eigenvalue weighted by Crippen LogP contribution is -2.18. The van der Waals surface area contributed by atoms with E-state index in [9.17, 15) is 14.0 Å². The minimum absolute atomic E-state index is 0.0413. The molecule has 2 N–H and O–H groups in total. The highest BCUT2D eigenvalue weighted by Crippen LogP contribution is 2.29.